The number of carbonyl (C=O) groups is 3. The number of nitrogens with one attached hydrogen (secondary N) is 2. The first-order valence-corrected chi connectivity index (χ1v) is 6.78. The molecular formula is C13H26N4O4. The molecule has 8 heteroatoms. The maximum Gasteiger partial charge on any atom is 0.317 e. The van der Waals surface area contributed by atoms with Crippen LogP contribution in [0.15, 0.2) is 0 Å². The Morgan fingerprint density at radius 1 is 1.00 bits per heavy atom. The molecule has 0 atom stereocenters. The monoisotopic (exact) mass is 302 g/mol. The van der Waals surface area contributed by atoms with Crippen LogP contribution in [0.4, 0.5) is 9.59 Å². The van der Waals surface area contributed by atoms with Crippen LogP contribution >= 0.6 is 0 Å². The second kappa shape index (κ2) is 8.33. The zero-order valence-corrected chi connectivity index (χ0v) is 13.4. The number of carboxylic acid groups (broad SMARTS) is 1. The normalized spacial score (nSPS) is 10.7. The van der Waals surface area contributed by atoms with Crippen molar-refractivity contribution in [2.45, 2.75) is 32.7 Å². The van der Waals surface area contributed by atoms with Crippen LogP contribution in [0.5, 0.6) is 0 Å². The van der Waals surface area contributed by atoms with Crippen LogP contribution in [0, 0.1) is 0 Å². The van der Waals surface area contributed by atoms with Gasteiger partial charge in [0, 0.05) is 39.3 Å². The number of carbonyl (C=O) groups excluding carboxylic acids is 2. The van der Waals surface area contributed by atoms with Crippen molar-refractivity contribution in [2.75, 3.05) is 33.7 Å². The minimum absolute atomic E-state index is 0.109. The van der Waals surface area contributed by atoms with E-state index in [1.807, 2.05) is 20.8 Å². The fourth-order valence-corrected chi connectivity index (χ4v) is 1.54. The fourth-order valence-electron chi connectivity index (χ4n) is 1.54. The van der Waals surface area contributed by atoms with E-state index in [0.717, 1.165) is 0 Å². The summed E-state index contributed by atoms with van der Waals surface area (Å²) in [6.45, 7) is 6.22. The van der Waals surface area contributed by atoms with Crippen molar-refractivity contribution >= 4 is 18.0 Å². The highest BCUT2D eigenvalue weighted by molar-refractivity contribution is 5.76. The SMILES string of the molecule is CN(C)C(=O)NCCNC(=O)N(CCC(=O)O)C(C)(C)C. The highest BCUT2D eigenvalue weighted by Gasteiger charge is 2.26. The van der Waals surface area contributed by atoms with Gasteiger partial charge >= 0.3 is 18.0 Å². The predicted molar refractivity (Wildman–Crippen MR) is 79.2 cm³/mol. The van der Waals surface area contributed by atoms with Crippen LogP contribution in [0.1, 0.15) is 27.2 Å². The molecule has 21 heavy (non-hydrogen) atoms. The van der Waals surface area contributed by atoms with Crippen LogP contribution in [-0.2, 0) is 4.79 Å². The molecule has 0 aliphatic heterocycles. The Balaban J connectivity index is 4.30. The third-order valence-corrected chi connectivity index (χ3v) is 2.69. The van der Waals surface area contributed by atoms with Crippen LogP contribution < -0.4 is 10.6 Å². The van der Waals surface area contributed by atoms with Crippen molar-refractivity contribution < 1.29 is 19.5 Å². The number of rotatable bonds is 6. The number of hydrogen-bond donors (Lipinski definition) is 3. The molecule has 0 unspecified atom stereocenters. The van der Waals surface area contributed by atoms with E-state index < -0.39 is 11.5 Å². The lowest BCUT2D eigenvalue weighted by molar-refractivity contribution is -0.137. The first-order valence-electron chi connectivity index (χ1n) is 6.78. The lowest BCUT2D eigenvalue weighted by Gasteiger charge is -2.35. The quantitative estimate of drug-likeness (QED) is 0.623. The van der Waals surface area contributed by atoms with Gasteiger partial charge < -0.3 is 25.5 Å². The van der Waals surface area contributed by atoms with Gasteiger partial charge in [-0.05, 0) is 20.8 Å². The molecule has 0 saturated carbocycles. The average molecular weight is 302 g/mol. The van der Waals surface area contributed by atoms with Crippen molar-refractivity contribution in [2.24, 2.45) is 0 Å². The van der Waals surface area contributed by atoms with E-state index in [2.05, 4.69) is 10.6 Å². The molecule has 8 nitrogen and oxygen atoms in total. The number of hydrogen-bond acceptors (Lipinski definition) is 3. The Bertz CT molecular complexity index is 377. The molecule has 0 saturated heterocycles. The van der Waals surface area contributed by atoms with Gasteiger partial charge in [0.15, 0.2) is 0 Å². The molecule has 0 fully saturated rings. The van der Waals surface area contributed by atoms with Gasteiger partial charge in [-0.2, -0.15) is 0 Å². The topological polar surface area (TPSA) is 102 Å². The maximum absolute atomic E-state index is 12.1. The second-order valence-electron chi connectivity index (χ2n) is 5.82. The number of amides is 4. The summed E-state index contributed by atoms with van der Waals surface area (Å²) in [5, 5.41) is 14.0. The predicted octanol–water partition coefficient (Wildman–Crippen LogP) is 0.542. The van der Waals surface area contributed by atoms with Gasteiger partial charge in [0.2, 0.25) is 0 Å². The summed E-state index contributed by atoms with van der Waals surface area (Å²) in [4.78, 5) is 36.9. The van der Waals surface area contributed by atoms with E-state index in [9.17, 15) is 14.4 Å². The lowest BCUT2D eigenvalue weighted by atomic mass is 10.1. The zero-order valence-electron chi connectivity index (χ0n) is 13.4. The van der Waals surface area contributed by atoms with Gasteiger partial charge in [0.1, 0.15) is 0 Å². The van der Waals surface area contributed by atoms with Crippen LogP contribution in [-0.4, -0.2) is 72.2 Å². The van der Waals surface area contributed by atoms with Gasteiger partial charge in [-0.1, -0.05) is 0 Å². The van der Waals surface area contributed by atoms with Crippen molar-refractivity contribution in [1.82, 2.24) is 20.4 Å². The van der Waals surface area contributed by atoms with E-state index in [1.165, 1.54) is 9.80 Å². The van der Waals surface area contributed by atoms with E-state index in [4.69, 9.17) is 5.11 Å². The Kier molecular flexibility index (Phi) is 7.54. The van der Waals surface area contributed by atoms with Gasteiger partial charge in [-0.25, -0.2) is 9.59 Å². The third-order valence-electron chi connectivity index (χ3n) is 2.69. The Morgan fingerprint density at radius 2 is 1.48 bits per heavy atom. The summed E-state index contributed by atoms with van der Waals surface area (Å²) < 4.78 is 0. The maximum atomic E-state index is 12.1. The van der Waals surface area contributed by atoms with Crippen molar-refractivity contribution in [3.05, 3.63) is 0 Å². The van der Waals surface area contributed by atoms with E-state index in [-0.39, 0.29) is 31.6 Å². The van der Waals surface area contributed by atoms with Crippen molar-refractivity contribution in [3.8, 4) is 0 Å². The molecule has 0 aliphatic rings. The number of urea groups is 2. The molecule has 0 rings (SSSR count). The van der Waals surface area contributed by atoms with Crippen LogP contribution in [0.3, 0.4) is 0 Å². The molecule has 0 aromatic heterocycles. The molecule has 122 valence electrons. The molecule has 4 amide bonds. The van der Waals surface area contributed by atoms with Gasteiger partial charge in [-0.15, -0.1) is 0 Å². The van der Waals surface area contributed by atoms with Gasteiger partial charge in [0.25, 0.3) is 0 Å². The Labute approximate surface area is 125 Å². The first-order chi connectivity index (χ1) is 9.55. The molecule has 0 heterocycles. The second-order valence-corrected chi connectivity index (χ2v) is 5.82. The molecule has 0 aromatic carbocycles. The smallest absolute Gasteiger partial charge is 0.317 e. The summed E-state index contributed by atoms with van der Waals surface area (Å²) in [5.41, 5.74) is -0.480. The molecule has 0 spiro atoms. The molecule has 3 N–H and O–H groups in total. The zero-order chi connectivity index (χ0) is 16.6. The number of aliphatic carboxylic acids is 1. The van der Waals surface area contributed by atoms with Gasteiger partial charge in [0.05, 0.1) is 6.42 Å². The largest absolute Gasteiger partial charge is 0.481 e. The summed E-state index contributed by atoms with van der Waals surface area (Å²) in [7, 11) is 3.25. The molecule has 0 radical (unpaired) electrons. The Morgan fingerprint density at radius 3 is 1.86 bits per heavy atom. The first kappa shape index (κ1) is 19.0. The Hall–Kier alpha value is -1.99. The fraction of sp³-hybridized carbons (Fsp3) is 0.769. The summed E-state index contributed by atoms with van der Waals surface area (Å²) in [6.07, 6.45) is -0.109. The van der Waals surface area contributed by atoms with Crippen LogP contribution in [0.25, 0.3) is 0 Å². The standard InChI is InChI=1S/C13H26N4O4/c1-13(2,3)17(9-6-10(18)19)12(21)15-8-7-14-11(20)16(4)5/h6-9H2,1-5H3,(H,14,20)(H,15,21)(H,18,19). The number of nitrogens with zero attached hydrogens (tertiary/aromatic N) is 2. The average Bonchev–Trinajstić information content (AvgIpc) is 2.32. The molecular weight excluding hydrogens is 276 g/mol. The lowest BCUT2D eigenvalue weighted by Crippen LogP contribution is -2.52. The highest BCUT2D eigenvalue weighted by Crippen LogP contribution is 2.13. The molecule has 0 aliphatic carbocycles. The summed E-state index contributed by atoms with van der Waals surface area (Å²) >= 11 is 0. The number of carboxylic acids is 1. The van der Waals surface area contributed by atoms with Crippen molar-refractivity contribution in [1.29, 1.82) is 0 Å². The van der Waals surface area contributed by atoms with Gasteiger partial charge in [-0.3, -0.25) is 4.79 Å². The minimum atomic E-state index is -0.949. The summed E-state index contributed by atoms with van der Waals surface area (Å²) in [5.74, 6) is -0.949. The van der Waals surface area contributed by atoms with E-state index >= 15 is 0 Å². The highest BCUT2D eigenvalue weighted by atomic mass is 16.4. The van der Waals surface area contributed by atoms with Crippen molar-refractivity contribution in [3.63, 3.8) is 0 Å². The molecule has 0 bridgehead atoms. The summed E-state index contributed by atoms with van der Waals surface area (Å²) in [6, 6.07) is -0.578. The van der Waals surface area contributed by atoms with E-state index in [1.54, 1.807) is 14.1 Å². The minimum Gasteiger partial charge on any atom is -0.481 e. The van der Waals surface area contributed by atoms with Crippen LogP contribution in [0.2, 0.25) is 0 Å². The van der Waals surface area contributed by atoms with E-state index in [0.29, 0.717) is 6.54 Å². The third kappa shape index (κ3) is 8.01. The molecule has 0 aromatic rings.